The maximum Gasteiger partial charge on any atom is 0.305 e. The molecule has 1 amide bonds. The van der Waals surface area contributed by atoms with E-state index in [1.807, 2.05) is 30.3 Å². The van der Waals surface area contributed by atoms with Crippen LogP contribution in [0, 0.1) is 0 Å². The van der Waals surface area contributed by atoms with E-state index < -0.39 is 5.97 Å². The zero-order valence-electron chi connectivity index (χ0n) is 12.5. The van der Waals surface area contributed by atoms with Gasteiger partial charge in [0.25, 0.3) is 0 Å². The van der Waals surface area contributed by atoms with Crippen molar-refractivity contribution in [2.45, 2.75) is 25.3 Å². The van der Waals surface area contributed by atoms with Gasteiger partial charge < -0.3 is 14.7 Å². The lowest BCUT2D eigenvalue weighted by molar-refractivity contribution is -0.138. The summed E-state index contributed by atoms with van der Waals surface area (Å²) in [6, 6.07) is 9.62. The molecule has 22 heavy (non-hydrogen) atoms. The molecule has 1 N–H and O–H groups in total. The Morgan fingerprint density at radius 3 is 2.55 bits per heavy atom. The fourth-order valence-electron chi connectivity index (χ4n) is 2.51. The molecule has 0 aliphatic carbocycles. The van der Waals surface area contributed by atoms with Crippen LogP contribution in [0.2, 0.25) is 0 Å². The Kier molecular flexibility index (Phi) is 6.15. The van der Waals surface area contributed by atoms with E-state index in [4.69, 9.17) is 9.84 Å². The second kappa shape index (κ2) is 8.34. The fraction of sp³-hybridized carbons (Fsp3) is 0.412. The molecule has 0 atom stereocenters. The number of hydrogen-bond acceptors (Lipinski definition) is 3. The Balaban J connectivity index is 2.03. The summed E-state index contributed by atoms with van der Waals surface area (Å²) >= 11 is 0. The number of aliphatic carboxylic acids is 1. The monoisotopic (exact) mass is 303 g/mol. The number of amides is 1. The van der Waals surface area contributed by atoms with Crippen molar-refractivity contribution in [3.8, 4) is 0 Å². The highest BCUT2D eigenvalue weighted by atomic mass is 16.5. The van der Waals surface area contributed by atoms with Crippen molar-refractivity contribution in [2.75, 3.05) is 19.8 Å². The van der Waals surface area contributed by atoms with Gasteiger partial charge >= 0.3 is 5.97 Å². The van der Waals surface area contributed by atoms with Crippen molar-refractivity contribution in [3.63, 3.8) is 0 Å². The van der Waals surface area contributed by atoms with Crippen LogP contribution < -0.4 is 0 Å². The third kappa shape index (κ3) is 5.00. The van der Waals surface area contributed by atoms with Crippen molar-refractivity contribution in [3.05, 3.63) is 42.0 Å². The second-order valence-electron chi connectivity index (χ2n) is 5.26. The van der Waals surface area contributed by atoms with Crippen LogP contribution in [0.3, 0.4) is 0 Å². The summed E-state index contributed by atoms with van der Waals surface area (Å²) < 4.78 is 5.31. The van der Waals surface area contributed by atoms with Crippen LogP contribution >= 0.6 is 0 Å². The van der Waals surface area contributed by atoms with Crippen molar-refractivity contribution in [2.24, 2.45) is 0 Å². The zero-order chi connectivity index (χ0) is 15.8. The Labute approximate surface area is 130 Å². The van der Waals surface area contributed by atoms with E-state index in [0.29, 0.717) is 13.2 Å². The molecule has 0 unspecified atom stereocenters. The molecule has 1 heterocycles. The number of carboxylic acids is 1. The van der Waals surface area contributed by atoms with Gasteiger partial charge in [0.05, 0.1) is 6.42 Å². The zero-order valence-corrected chi connectivity index (χ0v) is 12.5. The summed E-state index contributed by atoms with van der Waals surface area (Å²) in [6.07, 6.45) is 4.75. The molecule has 5 heteroatoms. The fourth-order valence-corrected chi connectivity index (χ4v) is 2.51. The second-order valence-corrected chi connectivity index (χ2v) is 5.26. The number of ether oxygens (including phenoxy) is 1. The average molecular weight is 303 g/mol. The van der Waals surface area contributed by atoms with Gasteiger partial charge in [-0.25, -0.2) is 0 Å². The molecule has 2 rings (SSSR count). The summed E-state index contributed by atoms with van der Waals surface area (Å²) in [7, 11) is 0. The molecule has 1 aliphatic heterocycles. The van der Waals surface area contributed by atoms with Crippen LogP contribution in [-0.2, 0) is 14.3 Å². The smallest absolute Gasteiger partial charge is 0.305 e. The molecule has 1 saturated heterocycles. The summed E-state index contributed by atoms with van der Waals surface area (Å²) in [5.41, 5.74) is 0.945. The standard InChI is InChI=1S/C17H21NO4/c19-16(7-6-14-4-2-1-3-5-14)18(11-8-17(20)21)15-9-12-22-13-10-15/h1-7,15H,8-13H2,(H,20,21). The van der Waals surface area contributed by atoms with E-state index in [9.17, 15) is 9.59 Å². The predicted octanol–water partition coefficient (Wildman–Crippen LogP) is 2.18. The Morgan fingerprint density at radius 1 is 1.23 bits per heavy atom. The van der Waals surface area contributed by atoms with E-state index in [2.05, 4.69) is 0 Å². The lowest BCUT2D eigenvalue weighted by Gasteiger charge is -2.33. The molecule has 1 aliphatic rings. The third-order valence-electron chi connectivity index (χ3n) is 3.70. The minimum absolute atomic E-state index is 0.0394. The van der Waals surface area contributed by atoms with E-state index in [1.54, 1.807) is 11.0 Å². The molecule has 118 valence electrons. The number of benzene rings is 1. The molecule has 0 spiro atoms. The molecule has 5 nitrogen and oxygen atoms in total. The van der Waals surface area contributed by atoms with Gasteiger partial charge in [-0.1, -0.05) is 30.3 Å². The van der Waals surface area contributed by atoms with Gasteiger partial charge in [0, 0.05) is 31.9 Å². The maximum atomic E-state index is 12.4. The summed E-state index contributed by atoms with van der Waals surface area (Å²) in [6.45, 7) is 1.46. The SMILES string of the molecule is O=C(O)CCN(C(=O)C=Cc1ccccc1)C1CCOCC1. The van der Waals surface area contributed by atoms with Crippen LogP contribution in [0.15, 0.2) is 36.4 Å². The maximum absolute atomic E-state index is 12.4. The highest BCUT2D eigenvalue weighted by molar-refractivity contribution is 5.92. The number of nitrogens with zero attached hydrogens (tertiary/aromatic N) is 1. The van der Waals surface area contributed by atoms with Gasteiger partial charge in [-0.15, -0.1) is 0 Å². The molecule has 0 aromatic heterocycles. The molecule has 1 aromatic rings. The van der Waals surface area contributed by atoms with E-state index in [0.717, 1.165) is 18.4 Å². The van der Waals surface area contributed by atoms with Crippen LogP contribution in [0.5, 0.6) is 0 Å². The molecule has 0 bridgehead atoms. The highest BCUT2D eigenvalue weighted by Crippen LogP contribution is 2.16. The summed E-state index contributed by atoms with van der Waals surface area (Å²) in [5.74, 6) is -1.03. The van der Waals surface area contributed by atoms with Gasteiger partial charge in [0.15, 0.2) is 0 Å². The van der Waals surface area contributed by atoms with Crippen molar-refractivity contribution >= 4 is 18.0 Å². The average Bonchev–Trinajstić information content (AvgIpc) is 2.55. The van der Waals surface area contributed by atoms with Gasteiger partial charge in [0.2, 0.25) is 5.91 Å². The van der Waals surface area contributed by atoms with E-state index in [-0.39, 0.29) is 24.9 Å². The lowest BCUT2D eigenvalue weighted by atomic mass is 10.1. The van der Waals surface area contributed by atoms with Crippen LogP contribution in [0.4, 0.5) is 0 Å². The molecule has 0 radical (unpaired) electrons. The number of hydrogen-bond donors (Lipinski definition) is 1. The van der Waals surface area contributed by atoms with Crippen LogP contribution in [-0.4, -0.2) is 47.7 Å². The van der Waals surface area contributed by atoms with Crippen molar-refractivity contribution in [1.29, 1.82) is 0 Å². The van der Waals surface area contributed by atoms with Gasteiger partial charge in [0.1, 0.15) is 0 Å². The Bertz CT molecular complexity index is 521. The number of carbonyl (C=O) groups is 2. The van der Waals surface area contributed by atoms with Crippen molar-refractivity contribution < 1.29 is 19.4 Å². The number of carbonyl (C=O) groups excluding carboxylic acids is 1. The molecular weight excluding hydrogens is 282 g/mol. The minimum atomic E-state index is -0.892. The number of carboxylic acid groups (broad SMARTS) is 1. The molecular formula is C17H21NO4. The summed E-state index contributed by atoms with van der Waals surface area (Å²) in [5, 5.41) is 8.87. The Hall–Kier alpha value is -2.14. The minimum Gasteiger partial charge on any atom is -0.481 e. The third-order valence-corrected chi connectivity index (χ3v) is 3.70. The Morgan fingerprint density at radius 2 is 1.91 bits per heavy atom. The van der Waals surface area contributed by atoms with E-state index in [1.165, 1.54) is 6.08 Å². The normalized spacial score (nSPS) is 15.8. The van der Waals surface area contributed by atoms with E-state index >= 15 is 0 Å². The number of rotatable bonds is 6. The van der Waals surface area contributed by atoms with Crippen molar-refractivity contribution in [1.82, 2.24) is 4.90 Å². The highest BCUT2D eigenvalue weighted by Gasteiger charge is 2.24. The quantitative estimate of drug-likeness (QED) is 0.818. The summed E-state index contributed by atoms with van der Waals surface area (Å²) in [4.78, 5) is 24.9. The molecule has 1 aromatic carbocycles. The first kappa shape index (κ1) is 16.2. The van der Waals surface area contributed by atoms with Crippen LogP contribution in [0.1, 0.15) is 24.8 Å². The molecule has 1 fully saturated rings. The first-order valence-corrected chi connectivity index (χ1v) is 7.50. The van der Waals surface area contributed by atoms with Crippen LogP contribution in [0.25, 0.3) is 6.08 Å². The van der Waals surface area contributed by atoms with Gasteiger partial charge in [-0.05, 0) is 24.5 Å². The van der Waals surface area contributed by atoms with Gasteiger partial charge in [-0.2, -0.15) is 0 Å². The van der Waals surface area contributed by atoms with Gasteiger partial charge in [-0.3, -0.25) is 9.59 Å². The molecule has 0 saturated carbocycles. The first-order valence-electron chi connectivity index (χ1n) is 7.50. The lowest BCUT2D eigenvalue weighted by Crippen LogP contribution is -2.43. The predicted molar refractivity (Wildman–Crippen MR) is 83.3 cm³/mol. The first-order chi connectivity index (χ1) is 10.7. The largest absolute Gasteiger partial charge is 0.481 e. The topological polar surface area (TPSA) is 66.8 Å².